The molecule has 10 heteroatoms. The minimum Gasteiger partial charge on any atom is -0.465 e. The van der Waals surface area contributed by atoms with E-state index in [1.54, 1.807) is 22.6 Å². The Hall–Kier alpha value is -2.52. The van der Waals surface area contributed by atoms with Crippen molar-refractivity contribution in [2.75, 3.05) is 7.11 Å². The lowest BCUT2D eigenvalue weighted by Crippen LogP contribution is -1.99. The fraction of sp³-hybridized carbons (Fsp3) is 0.267. The van der Waals surface area contributed by atoms with Crippen molar-refractivity contribution < 1.29 is 9.53 Å². The molecule has 0 aliphatic carbocycles. The molecule has 0 bridgehead atoms. The van der Waals surface area contributed by atoms with Crippen molar-refractivity contribution in [1.82, 2.24) is 29.4 Å². The van der Waals surface area contributed by atoms with Gasteiger partial charge in [0.05, 0.1) is 23.2 Å². The highest BCUT2D eigenvalue weighted by Crippen LogP contribution is 2.34. The van der Waals surface area contributed by atoms with Crippen LogP contribution in [0, 0.1) is 13.8 Å². The van der Waals surface area contributed by atoms with Crippen LogP contribution >= 0.6 is 22.9 Å². The zero-order valence-corrected chi connectivity index (χ0v) is 15.4. The summed E-state index contributed by atoms with van der Waals surface area (Å²) in [5, 5.41) is 10.1. The third-order valence-electron chi connectivity index (χ3n) is 4.00. The maximum atomic E-state index is 11.9. The number of hydrogen-bond acceptors (Lipinski definition) is 7. The minimum absolute atomic E-state index is 0.385. The lowest BCUT2D eigenvalue weighted by atomic mass is 10.2. The van der Waals surface area contributed by atoms with Crippen molar-refractivity contribution in [3.63, 3.8) is 0 Å². The zero-order valence-electron chi connectivity index (χ0n) is 13.9. The Balaban J connectivity index is 2.01. The van der Waals surface area contributed by atoms with Crippen LogP contribution < -0.4 is 0 Å². The number of halogens is 1. The Kier molecular flexibility index (Phi) is 3.51. The Morgan fingerprint density at radius 3 is 2.72 bits per heavy atom. The number of fused-ring (bicyclic) bond motifs is 3. The van der Waals surface area contributed by atoms with E-state index in [4.69, 9.17) is 16.3 Å². The molecule has 128 valence electrons. The predicted molar refractivity (Wildman–Crippen MR) is 94.2 cm³/mol. The largest absolute Gasteiger partial charge is 0.465 e. The first-order valence-corrected chi connectivity index (χ1v) is 8.54. The highest BCUT2D eigenvalue weighted by atomic mass is 35.5. The van der Waals surface area contributed by atoms with Gasteiger partial charge in [0.15, 0.2) is 5.65 Å². The number of methoxy groups -OCH3 is 1. The first-order chi connectivity index (χ1) is 11.9. The van der Waals surface area contributed by atoms with Gasteiger partial charge in [0, 0.05) is 7.05 Å². The van der Waals surface area contributed by atoms with Crippen molar-refractivity contribution in [3.05, 3.63) is 27.5 Å². The van der Waals surface area contributed by atoms with Gasteiger partial charge in [-0.3, -0.25) is 4.68 Å². The minimum atomic E-state index is -0.385. The fourth-order valence-electron chi connectivity index (χ4n) is 2.80. The first-order valence-electron chi connectivity index (χ1n) is 7.34. The zero-order chi connectivity index (χ0) is 17.9. The summed E-state index contributed by atoms with van der Waals surface area (Å²) in [5.74, 6) is 0.0660. The van der Waals surface area contributed by atoms with Crippen LogP contribution in [0.3, 0.4) is 0 Å². The number of esters is 1. The van der Waals surface area contributed by atoms with Crippen molar-refractivity contribution in [3.8, 4) is 11.5 Å². The fourth-order valence-corrected chi connectivity index (χ4v) is 4.10. The van der Waals surface area contributed by atoms with E-state index in [9.17, 15) is 4.79 Å². The Bertz CT molecular complexity index is 1160. The first kappa shape index (κ1) is 16.0. The van der Waals surface area contributed by atoms with Gasteiger partial charge in [0.25, 0.3) is 0 Å². The van der Waals surface area contributed by atoms with Crippen LogP contribution in [0.2, 0.25) is 5.02 Å². The van der Waals surface area contributed by atoms with Crippen LogP contribution in [0.5, 0.6) is 0 Å². The van der Waals surface area contributed by atoms with Gasteiger partial charge in [-0.25, -0.2) is 19.3 Å². The molecule has 0 atom stereocenters. The summed E-state index contributed by atoms with van der Waals surface area (Å²) in [5.41, 5.74) is 2.73. The van der Waals surface area contributed by atoms with E-state index in [2.05, 4.69) is 20.2 Å². The van der Waals surface area contributed by atoms with Crippen molar-refractivity contribution >= 4 is 44.8 Å². The molecule has 4 aromatic rings. The number of rotatable bonds is 2. The Morgan fingerprint density at radius 1 is 1.32 bits per heavy atom. The molecule has 4 heterocycles. The van der Waals surface area contributed by atoms with Crippen molar-refractivity contribution in [2.45, 2.75) is 13.8 Å². The molecule has 0 spiro atoms. The highest BCUT2D eigenvalue weighted by Gasteiger charge is 2.23. The molecular formula is C15H13ClN6O2S. The third kappa shape index (κ3) is 2.23. The van der Waals surface area contributed by atoms with Gasteiger partial charge in [-0.15, -0.1) is 16.4 Å². The Morgan fingerprint density at radius 2 is 2.08 bits per heavy atom. The quantitative estimate of drug-likeness (QED) is 0.500. The van der Waals surface area contributed by atoms with Crippen LogP contribution in [0.4, 0.5) is 0 Å². The van der Waals surface area contributed by atoms with E-state index >= 15 is 0 Å². The van der Waals surface area contributed by atoms with Gasteiger partial charge in [-0.1, -0.05) is 11.6 Å². The number of hydrogen-bond donors (Lipinski definition) is 0. The molecule has 0 aliphatic heterocycles. The molecule has 0 amide bonds. The summed E-state index contributed by atoms with van der Waals surface area (Å²) in [6.45, 7) is 3.68. The van der Waals surface area contributed by atoms with Crippen molar-refractivity contribution in [1.29, 1.82) is 0 Å². The standard InChI is InChI=1S/C15H13ClN6O2S/c1-6-8-13-18-12(10-9(16)7(2)19-21(10)3)20-22(13)5-17-14(8)25-11(6)15(23)24-4/h5H,1-4H3. The average molecular weight is 377 g/mol. The highest BCUT2D eigenvalue weighted by molar-refractivity contribution is 7.20. The van der Waals surface area contributed by atoms with E-state index in [1.165, 1.54) is 18.4 Å². The molecule has 25 heavy (non-hydrogen) atoms. The van der Waals surface area contributed by atoms with E-state index < -0.39 is 0 Å². The maximum Gasteiger partial charge on any atom is 0.348 e. The third-order valence-corrected chi connectivity index (χ3v) is 5.63. The molecule has 4 rings (SSSR count). The van der Waals surface area contributed by atoms with Crippen LogP contribution in [-0.4, -0.2) is 42.4 Å². The second-order valence-corrected chi connectivity index (χ2v) is 6.92. The molecule has 0 radical (unpaired) electrons. The van der Waals surface area contributed by atoms with Crippen LogP contribution in [-0.2, 0) is 11.8 Å². The summed E-state index contributed by atoms with van der Waals surface area (Å²) in [7, 11) is 3.15. The molecule has 0 aromatic carbocycles. The number of carbonyl (C=O) groups is 1. The van der Waals surface area contributed by atoms with E-state index in [0.29, 0.717) is 37.6 Å². The number of ether oxygens (including phenoxy) is 1. The van der Waals surface area contributed by atoms with Crippen LogP contribution in [0.25, 0.3) is 27.4 Å². The predicted octanol–water partition coefficient (Wildman–Crippen LogP) is 2.80. The summed E-state index contributed by atoms with van der Waals surface area (Å²) < 4.78 is 8.07. The Labute approximate surface area is 151 Å². The second-order valence-electron chi connectivity index (χ2n) is 5.55. The number of aromatic nitrogens is 6. The van der Waals surface area contributed by atoms with Gasteiger partial charge in [-0.05, 0) is 19.4 Å². The topological polar surface area (TPSA) is 87.2 Å². The summed E-state index contributed by atoms with van der Waals surface area (Å²) in [4.78, 5) is 22.2. The van der Waals surface area contributed by atoms with E-state index in [-0.39, 0.29) is 5.97 Å². The second kappa shape index (κ2) is 5.50. The van der Waals surface area contributed by atoms with Crippen LogP contribution in [0.15, 0.2) is 6.33 Å². The molecule has 0 fully saturated rings. The molecule has 0 saturated heterocycles. The van der Waals surface area contributed by atoms with Gasteiger partial charge in [0.1, 0.15) is 21.7 Å². The summed E-state index contributed by atoms with van der Waals surface area (Å²) in [6.07, 6.45) is 1.57. The maximum absolute atomic E-state index is 11.9. The number of thiophene rings is 1. The normalized spacial score (nSPS) is 11.6. The molecule has 0 saturated carbocycles. The number of nitrogens with zero attached hydrogens (tertiary/aromatic N) is 6. The van der Waals surface area contributed by atoms with E-state index in [1.807, 2.05) is 13.8 Å². The molecule has 4 aromatic heterocycles. The summed E-state index contributed by atoms with van der Waals surface area (Å²) >= 11 is 7.62. The van der Waals surface area contributed by atoms with Crippen LogP contribution in [0.1, 0.15) is 20.9 Å². The summed E-state index contributed by atoms with van der Waals surface area (Å²) in [6, 6.07) is 0. The average Bonchev–Trinajstić information content (AvgIpc) is 3.21. The van der Waals surface area contributed by atoms with Gasteiger partial charge in [-0.2, -0.15) is 5.10 Å². The molecule has 8 nitrogen and oxygen atoms in total. The van der Waals surface area contributed by atoms with Gasteiger partial charge < -0.3 is 4.74 Å². The lowest BCUT2D eigenvalue weighted by molar-refractivity contribution is 0.0605. The SMILES string of the molecule is COC(=O)c1sc2ncn3nc(-c4c(Cl)c(C)nn4C)nc3c2c1C. The molecule has 0 aliphatic rings. The lowest BCUT2D eigenvalue weighted by Gasteiger charge is -1.96. The molecule has 0 N–H and O–H groups in total. The molecular weight excluding hydrogens is 364 g/mol. The molecule has 0 unspecified atom stereocenters. The van der Waals surface area contributed by atoms with Gasteiger partial charge >= 0.3 is 5.97 Å². The van der Waals surface area contributed by atoms with E-state index in [0.717, 1.165) is 10.9 Å². The number of aryl methyl sites for hydroxylation is 3. The number of carbonyl (C=O) groups excluding carboxylic acids is 1. The van der Waals surface area contributed by atoms with Crippen molar-refractivity contribution in [2.24, 2.45) is 7.05 Å². The monoisotopic (exact) mass is 376 g/mol. The smallest absolute Gasteiger partial charge is 0.348 e. The van der Waals surface area contributed by atoms with Gasteiger partial charge in [0.2, 0.25) is 5.82 Å².